The summed E-state index contributed by atoms with van der Waals surface area (Å²) >= 11 is 0. The van der Waals surface area contributed by atoms with Crippen LogP contribution in [0.15, 0.2) is 42.6 Å². The van der Waals surface area contributed by atoms with Crippen LogP contribution in [-0.2, 0) is 0 Å². The maximum Gasteiger partial charge on any atom is 0.145 e. The van der Waals surface area contributed by atoms with Gasteiger partial charge in [0.1, 0.15) is 17.2 Å². The number of methoxy groups -OCH3 is 1. The van der Waals surface area contributed by atoms with Crippen molar-refractivity contribution in [3.05, 3.63) is 48.3 Å². The van der Waals surface area contributed by atoms with E-state index in [1.807, 2.05) is 43.3 Å². The van der Waals surface area contributed by atoms with E-state index in [2.05, 4.69) is 4.98 Å². The van der Waals surface area contributed by atoms with Crippen LogP contribution in [0, 0.1) is 6.92 Å². The topological polar surface area (TPSA) is 31.4 Å². The van der Waals surface area contributed by atoms with Gasteiger partial charge in [-0.05, 0) is 43.3 Å². The Kier molecular flexibility index (Phi) is 3.05. The summed E-state index contributed by atoms with van der Waals surface area (Å²) in [4.78, 5) is 4.16. The minimum absolute atomic E-state index is 0.732. The lowest BCUT2D eigenvalue weighted by Crippen LogP contribution is -1.87. The summed E-state index contributed by atoms with van der Waals surface area (Å²) in [5.74, 6) is 2.32. The van der Waals surface area contributed by atoms with Crippen LogP contribution in [0.2, 0.25) is 0 Å². The summed E-state index contributed by atoms with van der Waals surface area (Å²) < 4.78 is 10.7. The average molecular weight is 215 g/mol. The molecular weight excluding hydrogens is 202 g/mol. The first-order valence-corrected chi connectivity index (χ1v) is 5.02. The third kappa shape index (κ3) is 2.51. The van der Waals surface area contributed by atoms with E-state index in [1.165, 1.54) is 0 Å². The normalized spacial score (nSPS) is 9.88. The van der Waals surface area contributed by atoms with Gasteiger partial charge in [-0.2, -0.15) is 0 Å². The molecule has 0 unspecified atom stereocenters. The molecule has 2 aromatic rings. The number of rotatable bonds is 3. The third-order valence-corrected chi connectivity index (χ3v) is 2.18. The van der Waals surface area contributed by atoms with E-state index < -0.39 is 0 Å². The molecule has 0 N–H and O–H groups in total. The summed E-state index contributed by atoms with van der Waals surface area (Å²) in [6.07, 6.45) is 1.71. The number of benzene rings is 1. The molecule has 0 bridgehead atoms. The Hall–Kier alpha value is -2.03. The first kappa shape index (κ1) is 10.5. The number of pyridine rings is 1. The van der Waals surface area contributed by atoms with Crippen LogP contribution in [0.1, 0.15) is 5.69 Å². The van der Waals surface area contributed by atoms with Gasteiger partial charge >= 0.3 is 0 Å². The molecule has 1 heterocycles. The summed E-state index contributed by atoms with van der Waals surface area (Å²) in [6.45, 7) is 1.94. The summed E-state index contributed by atoms with van der Waals surface area (Å²) in [7, 11) is 1.64. The third-order valence-electron chi connectivity index (χ3n) is 2.18. The Morgan fingerprint density at radius 1 is 0.875 bits per heavy atom. The molecule has 2 rings (SSSR count). The van der Waals surface area contributed by atoms with Crippen molar-refractivity contribution in [2.24, 2.45) is 0 Å². The maximum absolute atomic E-state index is 5.61. The van der Waals surface area contributed by atoms with E-state index in [4.69, 9.17) is 9.47 Å². The fourth-order valence-corrected chi connectivity index (χ4v) is 1.29. The summed E-state index contributed by atoms with van der Waals surface area (Å²) in [5, 5.41) is 0. The molecule has 0 aliphatic rings. The highest BCUT2D eigenvalue weighted by Crippen LogP contribution is 2.22. The van der Waals surface area contributed by atoms with E-state index >= 15 is 0 Å². The number of aromatic nitrogens is 1. The second kappa shape index (κ2) is 4.66. The van der Waals surface area contributed by atoms with Crippen molar-refractivity contribution in [1.82, 2.24) is 4.98 Å². The van der Waals surface area contributed by atoms with Gasteiger partial charge in [0.25, 0.3) is 0 Å². The maximum atomic E-state index is 5.61. The van der Waals surface area contributed by atoms with Crippen molar-refractivity contribution >= 4 is 0 Å². The number of aryl methyl sites for hydroxylation is 1. The lowest BCUT2D eigenvalue weighted by Gasteiger charge is -2.06. The van der Waals surface area contributed by atoms with Crippen LogP contribution >= 0.6 is 0 Å². The van der Waals surface area contributed by atoms with Crippen molar-refractivity contribution in [2.75, 3.05) is 7.11 Å². The lowest BCUT2D eigenvalue weighted by atomic mass is 10.3. The monoisotopic (exact) mass is 215 g/mol. The van der Waals surface area contributed by atoms with E-state index in [-0.39, 0.29) is 0 Å². The van der Waals surface area contributed by atoms with Crippen LogP contribution in [-0.4, -0.2) is 12.1 Å². The minimum atomic E-state index is 0.732. The molecule has 1 aromatic heterocycles. The van der Waals surface area contributed by atoms with Crippen molar-refractivity contribution in [3.63, 3.8) is 0 Å². The molecule has 0 fully saturated rings. The molecule has 1 aromatic carbocycles. The fourth-order valence-electron chi connectivity index (χ4n) is 1.29. The highest BCUT2D eigenvalue weighted by Gasteiger charge is 1.97. The van der Waals surface area contributed by atoms with Crippen LogP contribution in [0.4, 0.5) is 0 Å². The SMILES string of the molecule is COc1ccc(Oc2ccc(C)nc2)cc1. The van der Waals surface area contributed by atoms with Gasteiger partial charge < -0.3 is 9.47 Å². The smallest absolute Gasteiger partial charge is 0.145 e. The molecule has 0 saturated heterocycles. The van der Waals surface area contributed by atoms with Gasteiger partial charge in [0.15, 0.2) is 0 Å². The van der Waals surface area contributed by atoms with Crippen LogP contribution in [0.3, 0.4) is 0 Å². The second-order valence-electron chi connectivity index (χ2n) is 3.41. The van der Waals surface area contributed by atoms with Gasteiger partial charge in [-0.1, -0.05) is 0 Å². The van der Waals surface area contributed by atoms with Crippen LogP contribution in [0.25, 0.3) is 0 Å². The largest absolute Gasteiger partial charge is 0.497 e. The molecule has 3 heteroatoms. The first-order valence-electron chi connectivity index (χ1n) is 5.02. The van der Waals surface area contributed by atoms with E-state index in [0.717, 1.165) is 22.9 Å². The Balaban J connectivity index is 2.11. The fraction of sp³-hybridized carbons (Fsp3) is 0.154. The second-order valence-corrected chi connectivity index (χ2v) is 3.41. The zero-order valence-electron chi connectivity index (χ0n) is 9.31. The van der Waals surface area contributed by atoms with E-state index in [1.54, 1.807) is 13.3 Å². The highest BCUT2D eigenvalue weighted by molar-refractivity contribution is 5.34. The first-order chi connectivity index (χ1) is 7.78. The Morgan fingerprint density at radius 2 is 1.50 bits per heavy atom. The number of ether oxygens (including phenoxy) is 2. The zero-order valence-corrected chi connectivity index (χ0v) is 9.31. The molecule has 3 nitrogen and oxygen atoms in total. The summed E-state index contributed by atoms with van der Waals surface area (Å²) in [6, 6.07) is 11.2. The quantitative estimate of drug-likeness (QED) is 0.787. The molecule has 0 amide bonds. The molecule has 0 radical (unpaired) electrons. The summed E-state index contributed by atoms with van der Waals surface area (Å²) in [5.41, 5.74) is 0.974. The Labute approximate surface area is 94.7 Å². The van der Waals surface area contributed by atoms with Gasteiger partial charge in [0, 0.05) is 5.69 Å². The molecule has 16 heavy (non-hydrogen) atoms. The molecule has 0 saturated carbocycles. The number of nitrogens with zero attached hydrogens (tertiary/aromatic N) is 1. The van der Waals surface area contributed by atoms with Gasteiger partial charge in [-0.15, -0.1) is 0 Å². The Bertz CT molecular complexity index is 448. The lowest BCUT2D eigenvalue weighted by molar-refractivity contribution is 0.412. The molecular formula is C13H13NO2. The van der Waals surface area contributed by atoms with Gasteiger partial charge in [-0.25, -0.2) is 0 Å². The predicted octanol–water partition coefficient (Wildman–Crippen LogP) is 3.19. The minimum Gasteiger partial charge on any atom is -0.497 e. The van der Waals surface area contributed by atoms with Gasteiger partial charge in [0.2, 0.25) is 0 Å². The van der Waals surface area contributed by atoms with Gasteiger partial charge in [-0.3, -0.25) is 4.98 Å². The zero-order chi connectivity index (χ0) is 11.4. The van der Waals surface area contributed by atoms with Crippen molar-refractivity contribution in [2.45, 2.75) is 6.92 Å². The standard InChI is InChI=1S/C13H13NO2/c1-10-3-4-13(9-14-10)16-12-7-5-11(15-2)6-8-12/h3-9H,1-2H3. The molecule has 0 spiro atoms. The Morgan fingerprint density at radius 3 is 2.06 bits per heavy atom. The van der Waals surface area contributed by atoms with Crippen molar-refractivity contribution in [1.29, 1.82) is 0 Å². The highest BCUT2D eigenvalue weighted by atomic mass is 16.5. The molecule has 0 aliphatic carbocycles. The number of hydrogen-bond acceptors (Lipinski definition) is 3. The molecule has 0 atom stereocenters. The van der Waals surface area contributed by atoms with Crippen LogP contribution < -0.4 is 9.47 Å². The van der Waals surface area contributed by atoms with E-state index in [9.17, 15) is 0 Å². The molecule has 82 valence electrons. The van der Waals surface area contributed by atoms with E-state index in [0.29, 0.717) is 0 Å². The van der Waals surface area contributed by atoms with Crippen molar-refractivity contribution < 1.29 is 9.47 Å². The molecule has 0 aliphatic heterocycles. The predicted molar refractivity (Wildman–Crippen MR) is 62.0 cm³/mol. The average Bonchev–Trinajstić information content (AvgIpc) is 2.33. The van der Waals surface area contributed by atoms with Crippen molar-refractivity contribution in [3.8, 4) is 17.2 Å². The van der Waals surface area contributed by atoms with Gasteiger partial charge in [0.05, 0.1) is 13.3 Å². The van der Waals surface area contributed by atoms with Crippen LogP contribution in [0.5, 0.6) is 17.2 Å². The number of hydrogen-bond donors (Lipinski definition) is 0.